The van der Waals surface area contributed by atoms with E-state index in [9.17, 15) is 32.8 Å². The van der Waals surface area contributed by atoms with Gasteiger partial charge in [0, 0.05) is 12.3 Å². The molecule has 1 aliphatic rings. The fourth-order valence-electron chi connectivity index (χ4n) is 2.84. The number of halogens is 3. The standard InChI is InChI=1S/C19H18F3N3O4/c20-19(21,22)15(26)7-10-24-14-6-2-1-5-13(14)17(28)29-11-16(27)25-18(12-23)8-3-4-9-18/h1-2,5-7,10,24H,3-4,8-9,11H2,(H,25,27)/b10-7+. The SMILES string of the molecule is N#CC1(NC(=O)COC(=O)c2ccccc2N/C=C/C(=O)C(F)(F)F)CCCC1. The molecule has 2 rings (SSSR count). The lowest BCUT2D eigenvalue weighted by Crippen LogP contribution is -2.46. The summed E-state index contributed by atoms with van der Waals surface area (Å²) >= 11 is 0. The van der Waals surface area contributed by atoms with E-state index in [0.717, 1.165) is 19.0 Å². The minimum Gasteiger partial charge on any atom is -0.452 e. The molecular weight excluding hydrogens is 391 g/mol. The first-order valence-electron chi connectivity index (χ1n) is 8.69. The third-order valence-electron chi connectivity index (χ3n) is 4.28. The molecule has 29 heavy (non-hydrogen) atoms. The van der Waals surface area contributed by atoms with Gasteiger partial charge in [-0.05, 0) is 37.8 Å². The quantitative estimate of drug-likeness (QED) is 0.530. The topological polar surface area (TPSA) is 108 Å². The van der Waals surface area contributed by atoms with Gasteiger partial charge in [-0.25, -0.2) is 4.79 Å². The van der Waals surface area contributed by atoms with Crippen LogP contribution in [0, 0.1) is 11.3 Å². The molecule has 2 N–H and O–H groups in total. The Balaban J connectivity index is 1.96. The summed E-state index contributed by atoms with van der Waals surface area (Å²) in [5.41, 5.74) is -0.896. The predicted octanol–water partition coefficient (Wildman–Crippen LogP) is 2.85. The van der Waals surface area contributed by atoms with E-state index in [0.29, 0.717) is 18.9 Å². The lowest BCUT2D eigenvalue weighted by atomic mass is 10.00. The van der Waals surface area contributed by atoms with Crippen LogP contribution in [-0.2, 0) is 14.3 Å². The molecule has 0 bridgehead atoms. The zero-order chi connectivity index (χ0) is 21.5. The Labute approximate surface area is 164 Å². The number of ketones is 1. The molecule has 0 aromatic heterocycles. The number of para-hydroxylation sites is 1. The zero-order valence-corrected chi connectivity index (χ0v) is 15.2. The number of allylic oxidation sites excluding steroid dienone is 1. The van der Waals surface area contributed by atoms with Crippen molar-refractivity contribution in [2.75, 3.05) is 11.9 Å². The Morgan fingerprint density at radius 2 is 1.86 bits per heavy atom. The van der Waals surface area contributed by atoms with Gasteiger partial charge in [-0.1, -0.05) is 12.1 Å². The highest BCUT2D eigenvalue weighted by Crippen LogP contribution is 2.28. The summed E-state index contributed by atoms with van der Waals surface area (Å²) < 4.78 is 41.5. The molecule has 0 radical (unpaired) electrons. The Morgan fingerprint density at radius 3 is 2.48 bits per heavy atom. The van der Waals surface area contributed by atoms with Crippen molar-refractivity contribution in [2.24, 2.45) is 0 Å². The van der Waals surface area contributed by atoms with Crippen LogP contribution in [0.15, 0.2) is 36.5 Å². The molecule has 1 saturated carbocycles. The van der Waals surface area contributed by atoms with E-state index < -0.39 is 36.0 Å². The van der Waals surface area contributed by atoms with Crippen LogP contribution in [0.3, 0.4) is 0 Å². The number of carbonyl (C=O) groups excluding carboxylic acids is 3. The second-order valence-corrected chi connectivity index (χ2v) is 6.41. The van der Waals surface area contributed by atoms with Crippen molar-refractivity contribution < 1.29 is 32.3 Å². The Morgan fingerprint density at radius 1 is 1.21 bits per heavy atom. The Hall–Kier alpha value is -3.35. The summed E-state index contributed by atoms with van der Waals surface area (Å²) in [6.07, 6.45) is -1.26. The van der Waals surface area contributed by atoms with Crippen LogP contribution in [0.25, 0.3) is 0 Å². The number of carbonyl (C=O) groups is 3. The minimum absolute atomic E-state index is 0.0414. The van der Waals surface area contributed by atoms with E-state index in [1.807, 2.05) is 0 Å². The second-order valence-electron chi connectivity index (χ2n) is 6.41. The van der Waals surface area contributed by atoms with E-state index in [-0.39, 0.29) is 11.3 Å². The van der Waals surface area contributed by atoms with Gasteiger partial charge in [0.25, 0.3) is 11.7 Å². The number of anilines is 1. The third kappa shape index (κ3) is 6.07. The predicted molar refractivity (Wildman–Crippen MR) is 95.5 cm³/mol. The van der Waals surface area contributed by atoms with Crippen LogP contribution in [0.1, 0.15) is 36.0 Å². The molecule has 1 aromatic rings. The summed E-state index contributed by atoms with van der Waals surface area (Å²) in [6.45, 7) is -0.612. The van der Waals surface area contributed by atoms with Crippen LogP contribution in [0.5, 0.6) is 0 Å². The van der Waals surface area contributed by atoms with Crippen molar-refractivity contribution in [1.29, 1.82) is 5.26 Å². The molecule has 0 heterocycles. The van der Waals surface area contributed by atoms with Crippen LogP contribution >= 0.6 is 0 Å². The van der Waals surface area contributed by atoms with Crippen LogP contribution < -0.4 is 10.6 Å². The van der Waals surface area contributed by atoms with Crippen molar-refractivity contribution in [3.8, 4) is 6.07 Å². The maximum atomic E-state index is 12.2. The minimum atomic E-state index is -5.00. The first-order valence-corrected chi connectivity index (χ1v) is 8.69. The summed E-state index contributed by atoms with van der Waals surface area (Å²) in [6, 6.07) is 7.83. The number of hydrogen-bond acceptors (Lipinski definition) is 6. The molecule has 0 aliphatic heterocycles. The van der Waals surface area contributed by atoms with Crippen molar-refractivity contribution in [3.05, 3.63) is 42.1 Å². The highest BCUT2D eigenvalue weighted by Gasteiger charge is 2.36. The highest BCUT2D eigenvalue weighted by molar-refractivity contribution is 5.98. The number of nitriles is 1. The lowest BCUT2D eigenvalue weighted by molar-refractivity contribution is -0.165. The van der Waals surface area contributed by atoms with E-state index in [2.05, 4.69) is 16.7 Å². The average molecular weight is 409 g/mol. The molecule has 0 atom stereocenters. The number of benzene rings is 1. The van der Waals surface area contributed by atoms with Crippen LogP contribution in [0.2, 0.25) is 0 Å². The molecule has 1 fully saturated rings. The van der Waals surface area contributed by atoms with Gasteiger partial charge < -0.3 is 15.4 Å². The summed E-state index contributed by atoms with van der Waals surface area (Å²) in [7, 11) is 0. The number of nitrogens with one attached hydrogen (secondary N) is 2. The fraction of sp³-hybridized carbons (Fsp3) is 0.368. The van der Waals surface area contributed by atoms with E-state index in [1.165, 1.54) is 24.3 Å². The number of ether oxygens (including phenoxy) is 1. The summed E-state index contributed by atoms with van der Waals surface area (Å²) in [5.74, 6) is -3.57. The van der Waals surface area contributed by atoms with Crippen molar-refractivity contribution in [1.82, 2.24) is 5.32 Å². The lowest BCUT2D eigenvalue weighted by Gasteiger charge is -2.21. The highest BCUT2D eigenvalue weighted by atomic mass is 19.4. The van der Waals surface area contributed by atoms with E-state index in [4.69, 9.17) is 4.74 Å². The second kappa shape index (κ2) is 9.23. The van der Waals surface area contributed by atoms with Crippen molar-refractivity contribution in [3.63, 3.8) is 0 Å². The molecular formula is C19H18F3N3O4. The smallest absolute Gasteiger partial charge is 0.452 e. The van der Waals surface area contributed by atoms with Gasteiger partial charge >= 0.3 is 12.1 Å². The largest absolute Gasteiger partial charge is 0.454 e. The molecule has 1 aromatic carbocycles. The Kier molecular flexibility index (Phi) is 6.98. The maximum absolute atomic E-state index is 12.2. The molecule has 0 saturated heterocycles. The van der Waals surface area contributed by atoms with Gasteiger partial charge in [-0.2, -0.15) is 18.4 Å². The third-order valence-corrected chi connectivity index (χ3v) is 4.28. The first-order chi connectivity index (χ1) is 13.7. The van der Waals surface area contributed by atoms with Gasteiger partial charge in [0.2, 0.25) is 0 Å². The number of nitrogens with zero attached hydrogens (tertiary/aromatic N) is 1. The van der Waals surface area contributed by atoms with Crippen molar-refractivity contribution >= 4 is 23.3 Å². The van der Waals surface area contributed by atoms with Gasteiger partial charge in [0.05, 0.1) is 17.3 Å². The molecule has 1 aliphatic carbocycles. The maximum Gasteiger partial charge on any atom is 0.454 e. The van der Waals surface area contributed by atoms with Gasteiger partial charge in [-0.3, -0.25) is 9.59 Å². The number of amides is 1. The van der Waals surface area contributed by atoms with Gasteiger partial charge in [0.15, 0.2) is 6.61 Å². The molecule has 154 valence electrons. The number of rotatable bonds is 7. The van der Waals surface area contributed by atoms with Gasteiger partial charge in [-0.15, -0.1) is 0 Å². The fourth-order valence-corrected chi connectivity index (χ4v) is 2.84. The number of esters is 1. The van der Waals surface area contributed by atoms with Crippen molar-refractivity contribution in [2.45, 2.75) is 37.4 Å². The Bertz CT molecular complexity index is 853. The number of alkyl halides is 3. The van der Waals surface area contributed by atoms with Gasteiger partial charge in [0.1, 0.15) is 5.54 Å². The van der Waals surface area contributed by atoms with E-state index in [1.54, 1.807) is 0 Å². The number of hydrogen-bond donors (Lipinski definition) is 2. The normalized spacial score (nSPS) is 15.5. The van der Waals surface area contributed by atoms with Crippen LogP contribution in [-0.4, -0.2) is 36.0 Å². The molecule has 0 spiro atoms. The molecule has 0 unspecified atom stereocenters. The molecule has 7 nitrogen and oxygen atoms in total. The van der Waals surface area contributed by atoms with E-state index >= 15 is 0 Å². The summed E-state index contributed by atoms with van der Waals surface area (Å²) in [5, 5.41) is 14.2. The zero-order valence-electron chi connectivity index (χ0n) is 15.2. The van der Waals surface area contributed by atoms with Crippen LogP contribution in [0.4, 0.5) is 18.9 Å². The summed E-state index contributed by atoms with van der Waals surface area (Å²) in [4.78, 5) is 35.1. The monoisotopic (exact) mass is 409 g/mol. The molecule has 10 heteroatoms. The first kappa shape index (κ1) is 21.9. The molecule has 1 amide bonds. The average Bonchev–Trinajstić information content (AvgIpc) is 3.14.